The molecule has 1 aliphatic carbocycles. The Morgan fingerprint density at radius 2 is 2.17 bits per heavy atom. The van der Waals surface area contributed by atoms with Gasteiger partial charge in [0.15, 0.2) is 0 Å². The first-order chi connectivity index (χ1) is 8.75. The highest BCUT2D eigenvalue weighted by molar-refractivity contribution is 9.13. The van der Waals surface area contributed by atoms with Crippen LogP contribution in [0.15, 0.2) is 21.2 Å². The van der Waals surface area contributed by atoms with E-state index in [0.717, 1.165) is 15.4 Å². The highest BCUT2D eigenvalue weighted by Crippen LogP contribution is 2.44. The molecule has 0 saturated carbocycles. The van der Waals surface area contributed by atoms with E-state index in [1.807, 2.05) is 0 Å². The molecular weight excluding hydrogens is 356 g/mol. The number of piperidine rings is 1. The zero-order valence-corrected chi connectivity index (χ0v) is 13.1. The van der Waals surface area contributed by atoms with Gasteiger partial charge in [-0.25, -0.2) is 0 Å². The molecule has 1 unspecified atom stereocenters. The van der Waals surface area contributed by atoms with Crippen molar-refractivity contribution in [3.63, 3.8) is 0 Å². The Kier molecular flexibility index (Phi) is 2.61. The Labute approximate surface area is 123 Å². The number of aromatic nitrogens is 1. The van der Waals surface area contributed by atoms with Crippen LogP contribution in [0, 0.1) is 0 Å². The van der Waals surface area contributed by atoms with Gasteiger partial charge >= 0.3 is 0 Å². The van der Waals surface area contributed by atoms with Gasteiger partial charge in [0.05, 0.1) is 9.99 Å². The molecule has 2 aromatic rings. The van der Waals surface area contributed by atoms with Crippen molar-refractivity contribution < 1.29 is 0 Å². The maximum absolute atomic E-state index is 3.69. The number of aromatic amines is 1. The zero-order valence-electron chi connectivity index (χ0n) is 9.89. The second-order valence-electron chi connectivity index (χ2n) is 5.34. The van der Waals surface area contributed by atoms with Crippen LogP contribution in [0.5, 0.6) is 0 Å². The molecule has 18 heavy (non-hydrogen) atoms. The lowest BCUT2D eigenvalue weighted by Crippen LogP contribution is -2.43. The summed E-state index contributed by atoms with van der Waals surface area (Å²) in [5.41, 5.74) is 4.22. The maximum Gasteiger partial charge on any atom is 0.0615 e. The normalized spacial score (nSPS) is 26.3. The lowest BCUT2D eigenvalue weighted by molar-refractivity contribution is 0.345. The number of hydrogen-bond donors (Lipinski definition) is 2. The van der Waals surface area contributed by atoms with E-state index in [1.165, 1.54) is 41.4 Å². The molecule has 2 atom stereocenters. The molecule has 4 heteroatoms. The van der Waals surface area contributed by atoms with Crippen molar-refractivity contribution in [1.82, 2.24) is 10.3 Å². The second kappa shape index (κ2) is 4.09. The third-order valence-electron chi connectivity index (χ3n) is 4.39. The number of benzene rings is 1. The number of rotatable bonds is 0. The molecule has 0 amide bonds. The fraction of sp³-hybridized carbons (Fsp3) is 0.429. The van der Waals surface area contributed by atoms with E-state index in [1.54, 1.807) is 0 Å². The van der Waals surface area contributed by atoms with Gasteiger partial charge < -0.3 is 10.3 Å². The third kappa shape index (κ3) is 1.49. The van der Waals surface area contributed by atoms with Gasteiger partial charge in [-0.3, -0.25) is 0 Å². The van der Waals surface area contributed by atoms with Crippen LogP contribution in [-0.2, 0) is 6.42 Å². The van der Waals surface area contributed by atoms with E-state index >= 15 is 0 Å². The van der Waals surface area contributed by atoms with Crippen LogP contribution < -0.4 is 5.32 Å². The van der Waals surface area contributed by atoms with Crippen molar-refractivity contribution in [2.75, 3.05) is 6.54 Å². The van der Waals surface area contributed by atoms with Crippen molar-refractivity contribution in [2.45, 2.75) is 31.2 Å². The molecule has 1 aromatic carbocycles. The van der Waals surface area contributed by atoms with Crippen LogP contribution in [0.1, 0.15) is 29.9 Å². The summed E-state index contributed by atoms with van der Waals surface area (Å²) in [6.07, 6.45) is 5.94. The highest BCUT2D eigenvalue weighted by atomic mass is 79.9. The molecule has 1 saturated heterocycles. The van der Waals surface area contributed by atoms with Gasteiger partial charge in [0.2, 0.25) is 0 Å². The predicted molar refractivity (Wildman–Crippen MR) is 81.2 cm³/mol. The quantitative estimate of drug-likeness (QED) is 0.719. The molecule has 1 aliphatic heterocycles. The van der Waals surface area contributed by atoms with Crippen LogP contribution >= 0.6 is 31.9 Å². The minimum atomic E-state index is 0.623. The van der Waals surface area contributed by atoms with Crippen molar-refractivity contribution in [2.24, 2.45) is 0 Å². The Morgan fingerprint density at radius 3 is 3.06 bits per heavy atom. The van der Waals surface area contributed by atoms with Crippen molar-refractivity contribution in [3.05, 3.63) is 32.3 Å². The van der Waals surface area contributed by atoms with Gasteiger partial charge in [-0.05, 0) is 74.9 Å². The van der Waals surface area contributed by atoms with Gasteiger partial charge in [-0.1, -0.05) is 0 Å². The van der Waals surface area contributed by atoms with Crippen LogP contribution in [0.3, 0.4) is 0 Å². The maximum atomic E-state index is 3.69. The average molecular weight is 370 g/mol. The first-order valence-corrected chi connectivity index (χ1v) is 8.05. The van der Waals surface area contributed by atoms with Gasteiger partial charge in [-0.2, -0.15) is 0 Å². The minimum absolute atomic E-state index is 0.623. The monoisotopic (exact) mass is 368 g/mol. The summed E-state index contributed by atoms with van der Waals surface area (Å²) in [7, 11) is 0. The SMILES string of the molecule is Brc1cc2c3c(c[nH]c3c1Br)C[C@H]1NCCCC21. The Bertz CT molecular complexity index is 632. The lowest BCUT2D eigenvalue weighted by Gasteiger charge is -2.37. The molecular formula is C14H14Br2N2. The lowest BCUT2D eigenvalue weighted by atomic mass is 9.76. The van der Waals surface area contributed by atoms with Crippen molar-refractivity contribution in [1.29, 1.82) is 0 Å². The molecule has 4 rings (SSSR count). The Morgan fingerprint density at radius 1 is 1.28 bits per heavy atom. The van der Waals surface area contributed by atoms with Crippen LogP contribution in [-0.4, -0.2) is 17.6 Å². The first-order valence-electron chi connectivity index (χ1n) is 6.47. The van der Waals surface area contributed by atoms with Crippen LogP contribution in [0.2, 0.25) is 0 Å². The molecule has 0 spiro atoms. The highest BCUT2D eigenvalue weighted by Gasteiger charge is 2.33. The van der Waals surface area contributed by atoms with E-state index in [0.29, 0.717) is 12.0 Å². The summed E-state index contributed by atoms with van der Waals surface area (Å²) in [5, 5.41) is 5.14. The smallest absolute Gasteiger partial charge is 0.0615 e. The van der Waals surface area contributed by atoms with Crippen molar-refractivity contribution >= 4 is 42.8 Å². The molecule has 2 nitrogen and oxygen atoms in total. The van der Waals surface area contributed by atoms with Crippen LogP contribution in [0.25, 0.3) is 10.9 Å². The Balaban J connectivity index is 2.02. The number of halogens is 2. The van der Waals surface area contributed by atoms with Crippen LogP contribution in [0.4, 0.5) is 0 Å². The molecule has 0 radical (unpaired) electrons. The van der Waals surface area contributed by atoms with Gasteiger partial charge in [0.25, 0.3) is 0 Å². The summed E-state index contributed by atoms with van der Waals surface area (Å²) >= 11 is 7.35. The largest absolute Gasteiger partial charge is 0.360 e. The van der Waals surface area contributed by atoms with Gasteiger partial charge in [0.1, 0.15) is 0 Å². The Hall–Kier alpha value is -0.320. The summed E-state index contributed by atoms with van der Waals surface area (Å²) < 4.78 is 2.30. The molecule has 2 heterocycles. The average Bonchev–Trinajstić information content (AvgIpc) is 2.80. The topological polar surface area (TPSA) is 27.8 Å². The van der Waals surface area contributed by atoms with E-state index in [9.17, 15) is 0 Å². The number of hydrogen-bond acceptors (Lipinski definition) is 1. The standard InChI is InChI=1S/C14H14Br2N2/c15-10-5-9-8-2-1-3-17-11(8)4-7-6-18-14(12(7)9)13(10)16/h5-6,8,11,17-18H,1-4H2/t8?,11-/m1/s1. The summed E-state index contributed by atoms with van der Waals surface area (Å²) in [5.74, 6) is 0.675. The fourth-order valence-corrected chi connectivity index (χ4v) is 4.46. The molecule has 94 valence electrons. The number of fused-ring (bicyclic) bond motifs is 2. The van der Waals surface area contributed by atoms with Crippen molar-refractivity contribution in [3.8, 4) is 0 Å². The van der Waals surface area contributed by atoms with Gasteiger partial charge in [0, 0.05) is 28.0 Å². The van der Waals surface area contributed by atoms with E-state index in [4.69, 9.17) is 0 Å². The number of H-pyrrole nitrogens is 1. The molecule has 1 aromatic heterocycles. The third-order valence-corrected chi connectivity index (χ3v) is 6.37. The van der Waals surface area contributed by atoms with E-state index in [2.05, 4.69) is 54.4 Å². The molecule has 2 N–H and O–H groups in total. The first kappa shape index (κ1) is 11.5. The molecule has 0 bridgehead atoms. The predicted octanol–water partition coefficient (Wildman–Crippen LogP) is 4.08. The number of nitrogens with one attached hydrogen (secondary N) is 2. The zero-order chi connectivity index (χ0) is 12.3. The van der Waals surface area contributed by atoms with E-state index < -0.39 is 0 Å². The summed E-state index contributed by atoms with van der Waals surface area (Å²) in [4.78, 5) is 3.43. The summed E-state index contributed by atoms with van der Waals surface area (Å²) in [6, 6.07) is 2.94. The second-order valence-corrected chi connectivity index (χ2v) is 6.99. The minimum Gasteiger partial charge on any atom is -0.360 e. The fourth-order valence-electron chi connectivity index (χ4n) is 3.59. The molecule has 2 aliphatic rings. The van der Waals surface area contributed by atoms with E-state index in [-0.39, 0.29) is 0 Å². The molecule has 1 fully saturated rings. The van der Waals surface area contributed by atoms with Gasteiger partial charge in [-0.15, -0.1) is 0 Å². The summed E-state index contributed by atoms with van der Waals surface area (Å²) in [6.45, 7) is 1.17.